The summed E-state index contributed by atoms with van der Waals surface area (Å²) in [5.41, 5.74) is 1.25. The molecule has 0 aliphatic carbocycles. The first-order chi connectivity index (χ1) is 10.3. The van der Waals surface area contributed by atoms with Crippen molar-refractivity contribution in [1.82, 2.24) is 5.32 Å². The summed E-state index contributed by atoms with van der Waals surface area (Å²) in [5.74, 6) is 0.906. The molecule has 5 heteroatoms. The molecule has 1 rings (SSSR count). The van der Waals surface area contributed by atoms with Gasteiger partial charge in [-0.1, -0.05) is 13.0 Å². The quantitative estimate of drug-likeness (QED) is 0.582. The van der Waals surface area contributed by atoms with Gasteiger partial charge in [0.25, 0.3) is 0 Å². The molecule has 0 atom stereocenters. The van der Waals surface area contributed by atoms with Gasteiger partial charge in [0.1, 0.15) is 5.75 Å². The molecule has 0 heterocycles. The highest BCUT2D eigenvalue weighted by Crippen LogP contribution is 2.26. The Morgan fingerprint density at radius 3 is 2.62 bits per heavy atom. The highest BCUT2D eigenvalue weighted by Gasteiger charge is 2.02. The molecule has 0 amide bonds. The molecule has 21 heavy (non-hydrogen) atoms. The SMILES string of the molecule is CCCOc1ccc(CCOCCNCCOC)cc1Br. The van der Waals surface area contributed by atoms with Gasteiger partial charge < -0.3 is 19.5 Å². The van der Waals surface area contributed by atoms with Crippen molar-refractivity contribution in [2.45, 2.75) is 19.8 Å². The first-order valence-corrected chi connectivity index (χ1v) is 8.25. The summed E-state index contributed by atoms with van der Waals surface area (Å²) >= 11 is 3.55. The van der Waals surface area contributed by atoms with Crippen molar-refractivity contribution in [3.63, 3.8) is 0 Å². The molecule has 0 spiro atoms. The van der Waals surface area contributed by atoms with Crippen LogP contribution in [0, 0.1) is 0 Å². The van der Waals surface area contributed by atoms with Gasteiger partial charge in [0, 0.05) is 20.2 Å². The molecule has 0 saturated carbocycles. The van der Waals surface area contributed by atoms with Crippen LogP contribution in [0.2, 0.25) is 0 Å². The Bertz CT molecular complexity index is 388. The van der Waals surface area contributed by atoms with Crippen molar-refractivity contribution >= 4 is 15.9 Å². The van der Waals surface area contributed by atoms with Crippen molar-refractivity contribution in [1.29, 1.82) is 0 Å². The van der Waals surface area contributed by atoms with Crippen molar-refractivity contribution in [3.05, 3.63) is 28.2 Å². The van der Waals surface area contributed by atoms with E-state index in [1.54, 1.807) is 7.11 Å². The van der Waals surface area contributed by atoms with Crippen LogP contribution < -0.4 is 10.1 Å². The molecule has 4 nitrogen and oxygen atoms in total. The van der Waals surface area contributed by atoms with E-state index in [1.165, 1.54) is 5.56 Å². The summed E-state index contributed by atoms with van der Waals surface area (Å²) in [5, 5.41) is 3.25. The molecule has 0 aromatic heterocycles. The van der Waals surface area contributed by atoms with E-state index in [0.717, 1.165) is 62.6 Å². The first-order valence-electron chi connectivity index (χ1n) is 7.46. The van der Waals surface area contributed by atoms with E-state index in [4.69, 9.17) is 14.2 Å². The standard InChI is InChI=1S/C16H26BrNO3/c1-3-9-21-16-5-4-14(13-15(16)17)6-10-20-12-8-18-7-11-19-2/h4-5,13,18H,3,6-12H2,1-2H3. The summed E-state index contributed by atoms with van der Waals surface area (Å²) in [4.78, 5) is 0. The fourth-order valence-electron chi connectivity index (χ4n) is 1.76. The van der Waals surface area contributed by atoms with Crippen molar-refractivity contribution in [2.24, 2.45) is 0 Å². The molecule has 1 aromatic carbocycles. The maximum absolute atomic E-state index is 5.63. The molecule has 1 aromatic rings. The van der Waals surface area contributed by atoms with E-state index < -0.39 is 0 Å². The molecule has 0 radical (unpaired) electrons. The van der Waals surface area contributed by atoms with Crippen LogP contribution in [0.25, 0.3) is 0 Å². The van der Waals surface area contributed by atoms with Gasteiger partial charge >= 0.3 is 0 Å². The van der Waals surface area contributed by atoms with E-state index in [2.05, 4.69) is 40.3 Å². The molecule has 0 fully saturated rings. The van der Waals surface area contributed by atoms with Gasteiger partial charge in [-0.05, 0) is 46.5 Å². The van der Waals surface area contributed by atoms with E-state index in [0.29, 0.717) is 0 Å². The minimum absolute atomic E-state index is 0.725. The fourth-order valence-corrected chi connectivity index (χ4v) is 2.31. The van der Waals surface area contributed by atoms with E-state index in [-0.39, 0.29) is 0 Å². The maximum atomic E-state index is 5.63. The lowest BCUT2D eigenvalue weighted by Gasteiger charge is -2.09. The zero-order valence-electron chi connectivity index (χ0n) is 13.0. The smallest absolute Gasteiger partial charge is 0.133 e. The van der Waals surface area contributed by atoms with Crippen LogP contribution in [0.4, 0.5) is 0 Å². The number of hydrogen-bond donors (Lipinski definition) is 1. The van der Waals surface area contributed by atoms with Crippen molar-refractivity contribution in [2.75, 3.05) is 46.6 Å². The minimum atomic E-state index is 0.725. The molecule has 0 aliphatic rings. The first kappa shape index (κ1) is 18.4. The monoisotopic (exact) mass is 359 g/mol. The number of methoxy groups -OCH3 is 1. The molecular weight excluding hydrogens is 334 g/mol. The van der Waals surface area contributed by atoms with E-state index in [9.17, 15) is 0 Å². The van der Waals surface area contributed by atoms with E-state index >= 15 is 0 Å². The Hall–Kier alpha value is -0.620. The lowest BCUT2D eigenvalue weighted by atomic mass is 10.1. The molecule has 0 aliphatic heterocycles. The second-order valence-electron chi connectivity index (χ2n) is 4.72. The van der Waals surface area contributed by atoms with Crippen molar-refractivity contribution < 1.29 is 14.2 Å². The fraction of sp³-hybridized carbons (Fsp3) is 0.625. The second kappa shape index (κ2) is 12.0. The third-order valence-electron chi connectivity index (χ3n) is 2.90. The number of benzene rings is 1. The molecular formula is C16H26BrNO3. The van der Waals surface area contributed by atoms with Crippen molar-refractivity contribution in [3.8, 4) is 5.75 Å². The van der Waals surface area contributed by atoms with Crippen LogP contribution >= 0.6 is 15.9 Å². The largest absolute Gasteiger partial charge is 0.492 e. The van der Waals surface area contributed by atoms with Crippen LogP contribution in [0.1, 0.15) is 18.9 Å². The maximum Gasteiger partial charge on any atom is 0.133 e. The van der Waals surface area contributed by atoms with Gasteiger partial charge in [-0.3, -0.25) is 0 Å². The second-order valence-corrected chi connectivity index (χ2v) is 5.57. The van der Waals surface area contributed by atoms with Gasteiger partial charge in [0.05, 0.1) is 30.9 Å². The molecule has 0 saturated heterocycles. The molecule has 120 valence electrons. The lowest BCUT2D eigenvalue weighted by Crippen LogP contribution is -2.23. The van der Waals surface area contributed by atoms with Crippen LogP contribution in [0.3, 0.4) is 0 Å². The van der Waals surface area contributed by atoms with Crippen LogP contribution in [-0.2, 0) is 15.9 Å². The van der Waals surface area contributed by atoms with Gasteiger partial charge in [0.15, 0.2) is 0 Å². The summed E-state index contributed by atoms with van der Waals surface area (Å²) in [7, 11) is 1.70. The molecule has 0 bridgehead atoms. The van der Waals surface area contributed by atoms with Crippen LogP contribution in [0.15, 0.2) is 22.7 Å². The summed E-state index contributed by atoms with van der Waals surface area (Å²) in [6.07, 6.45) is 1.92. The van der Waals surface area contributed by atoms with E-state index in [1.807, 2.05) is 6.07 Å². The number of halogens is 1. The Morgan fingerprint density at radius 1 is 1.10 bits per heavy atom. The average Bonchev–Trinajstić information content (AvgIpc) is 2.49. The van der Waals surface area contributed by atoms with Gasteiger partial charge in [-0.2, -0.15) is 0 Å². The van der Waals surface area contributed by atoms with Gasteiger partial charge in [-0.15, -0.1) is 0 Å². The molecule has 0 unspecified atom stereocenters. The summed E-state index contributed by atoms with van der Waals surface area (Å²) in [6, 6.07) is 6.21. The highest BCUT2D eigenvalue weighted by molar-refractivity contribution is 9.10. The van der Waals surface area contributed by atoms with Crippen LogP contribution in [-0.4, -0.2) is 46.6 Å². The normalized spacial score (nSPS) is 10.8. The average molecular weight is 360 g/mol. The summed E-state index contributed by atoms with van der Waals surface area (Å²) in [6.45, 7) is 6.76. The number of ether oxygens (including phenoxy) is 3. The minimum Gasteiger partial charge on any atom is -0.492 e. The Morgan fingerprint density at radius 2 is 1.90 bits per heavy atom. The topological polar surface area (TPSA) is 39.7 Å². The lowest BCUT2D eigenvalue weighted by molar-refractivity contribution is 0.135. The third kappa shape index (κ3) is 8.41. The van der Waals surface area contributed by atoms with Gasteiger partial charge in [-0.25, -0.2) is 0 Å². The Labute approximate surface area is 136 Å². The zero-order valence-corrected chi connectivity index (χ0v) is 14.6. The number of hydrogen-bond acceptors (Lipinski definition) is 4. The van der Waals surface area contributed by atoms with Crippen LogP contribution in [0.5, 0.6) is 5.75 Å². The highest BCUT2D eigenvalue weighted by atomic mass is 79.9. The number of nitrogens with one attached hydrogen (secondary N) is 1. The zero-order chi connectivity index (χ0) is 15.3. The predicted octanol–water partition coefficient (Wildman–Crippen LogP) is 3.03. The number of rotatable bonds is 12. The predicted molar refractivity (Wildman–Crippen MR) is 89.2 cm³/mol. The third-order valence-corrected chi connectivity index (χ3v) is 3.52. The Balaban J connectivity index is 2.16. The van der Waals surface area contributed by atoms with Gasteiger partial charge in [0.2, 0.25) is 0 Å². The molecule has 1 N–H and O–H groups in total. The Kier molecular flexibility index (Phi) is 10.5. The summed E-state index contributed by atoms with van der Waals surface area (Å²) < 4.78 is 17.2.